The van der Waals surface area contributed by atoms with Crippen LogP contribution in [0.15, 0.2) is 12.7 Å². The molecular formula is C3H12AlCl4Ti-. The quantitative estimate of drug-likeness (QED) is 0.460. The summed E-state index contributed by atoms with van der Waals surface area (Å²) in [5.41, 5.74) is 0. The summed E-state index contributed by atoms with van der Waals surface area (Å²) in [5, 5.41) is 0. The average molecular weight is 265 g/mol. The fourth-order valence-corrected chi connectivity index (χ4v) is 0. The van der Waals surface area contributed by atoms with Gasteiger partial charge in [-0.3, -0.25) is 0 Å². The molecule has 0 aromatic carbocycles. The first-order chi connectivity index (χ1) is 1.41. The number of allylic oxidation sites excluding steroid dienone is 1. The molecule has 0 radical (unpaired) electrons. The Balaban J connectivity index is -0.00000000133. The van der Waals surface area contributed by atoms with E-state index in [0.717, 1.165) is 0 Å². The van der Waals surface area contributed by atoms with E-state index >= 15 is 0 Å². The first kappa shape index (κ1) is 68.5. The van der Waals surface area contributed by atoms with Crippen LogP contribution in [0.5, 0.6) is 0 Å². The van der Waals surface area contributed by atoms with Gasteiger partial charge in [-0.15, -0.1) is 49.6 Å². The van der Waals surface area contributed by atoms with Crippen LogP contribution in [0.3, 0.4) is 0 Å². The summed E-state index contributed by atoms with van der Waals surface area (Å²) in [6.07, 6.45) is 1.50. The number of rotatable bonds is 0. The number of halogens is 4. The molecule has 0 N–H and O–H groups in total. The van der Waals surface area contributed by atoms with Gasteiger partial charge in [0.25, 0.3) is 0 Å². The molecular weight excluding hydrogens is 253 g/mol. The Morgan fingerprint density at radius 3 is 1.00 bits per heavy atom. The van der Waals surface area contributed by atoms with Crippen molar-refractivity contribution in [1.29, 1.82) is 0 Å². The molecule has 0 spiro atoms. The van der Waals surface area contributed by atoms with Crippen molar-refractivity contribution in [2.45, 2.75) is 0 Å². The Labute approximate surface area is 107 Å². The van der Waals surface area contributed by atoms with Gasteiger partial charge in [-0.05, 0) is 0 Å². The molecule has 0 rings (SSSR count). The van der Waals surface area contributed by atoms with Crippen LogP contribution in [-0.2, 0) is 21.7 Å². The van der Waals surface area contributed by atoms with Crippen LogP contribution in [0.4, 0.5) is 0 Å². The number of hydrogen-bond acceptors (Lipinski definition) is 0. The van der Waals surface area contributed by atoms with Gasteiger partial charge < -0.3 is 0 Å². The van der Waals surface area contributed by atoms with Crippen LogP contribution in [0.1, 0.15) is 0 Å². The van der Waals surface area contributed by atoms with Crippen LogP contribution >= 0.6 is 49.6 Å². The standard InChI is InChI=1S/C3H5.Al.4ClH.Ti.3H/c1-3-2;;;;;;;;;/h3H,1-2H2;;4*1H;;;;/q-1;;;;;;;;;. The van der Waals surface area contributed by atoms with Gasteiger partial charge >= 0.3 is 0 Å². The Morgan fingerprint density at radius 2 is 1.00 bits per heavy atom. The maximum absolute atomic E-state index is 3.25. The molecule has 0 saturated heterocycles. The van der Waals surface area contributed by atoms with E-state index in [4.69, 9.17) is 0 Å². The minimum atomic E-state index is 0. The van der Waals surface area contributed by atoms with Crippen LogP contribution in [0.2, 0.25) is 0 Å². The third-order valence-corrected chi connectivity index (χ3v) is 0. The molecule has 0 heterocycles. The van der Waals surface area contributed by atoms with Crippen molar-refractivity contribution in [2.24, 2.45) is 0 Å². The molecule has 0 aliphatic heterocycles. The van der Waals surface area contributed by atoms with Gasteiger partial charge in [0.15, 0.2) is 17.4 Å². The van der Waals surface area contributed by atoms with E-state index in [2.05, 4.69) is 13.5 Å². The van der Waals surface area contributed by atoms with Crippen LogP contribution in [-0.4, -0.2) is 17.4 Å². The van der Waals surface area contributed by atoms with Crippen LogP contribution < -0.4 is 0 Å². The van der Waals surface area contributed by atoms with Crippen molar-refractivity contribution >= 4 is 67.0 Å². The predicted molar refractivity (Wildman–Crippen MR) is 54.5 cm³/mol. The Morgan fingerprint density at radius 1 is 1.00 bits per heavy atom. The fourth-order valence-electron chi connectivity index (χ4n) is 0. The molecule has 0 aromatic heterocycles. The van der Waals surface area contributed by atoms with Crippen molar-refractivity contribution in [1.82, 2.24) is 0 Å². The summed E-state index contributed by atoms with van der Waals surface area (Å²) in [4.78, 5) is 0. The van der Waals surface area contributed by atoms with Gasteiger partial charge in [0.2, 0.25) is 0 Å². The Kier molecular flexibility index (Phi) is 681. The van der Waals surface area contributed by atoms with Crippen LogP contribution in [0, 0.1) is 6.92 Å². The van der Waals surface area contributed by atoms with Gasteiger partial charge in [0, 0.05) is 21.7 Å². The molecule has 60 valence electrons. The summed E-state index contributed by atoms with van der Waals surface area (Å²) in [7, 11) is 0. The van der Waals surface area contributed by atoms with Crippen molar-refractivity contribution in [2.75, 3.05) is 0 Å². The molecule has 0 unspecified atom stereocenters. The average Bonchev–Trinajstić information content (AvgIpc) is 0.918. The monoisotopic (exact) mass is 263 g/mol. The van der Waals surface area contributed by atoms with Gasteiger partial charge in [-0.2, -0.15) is 0 Å². The molecule has 0 aliphatic rings. The second kappa shape index (κ2) is 89.5. The zero-order chi connectivity index (χ0) is 2.71. The molecule has 0 atom stereocenters. The van der Waals surface area contributed by atoms with Crippen LogP contribution in [0.25, 0.3) is 0 Å². The van der Waals surface area contributed by atoms with Crippen molar-refractivity contribution in [3.8, 4) is 0 Å². The van der Waals surface area contributed by atoms with E-state index in [1.54, 1.807) is 0 Å². The molecule has 0 bridgehead atoms. The van der Waals surface area contributed by atoms with E-state index in [9.17, 15) is 0 Å². The zero-order valence-corrected chi connectivity index (χ0v) is 8.95. The topological polar surface area (TPSA) is 0 Å². The second-order valence-corrected chi connectivity index (χ2v) is 0.289. The summed E-state index contributed by atoms with van der Waals surface area (Å²) < 4.78 is 0. The molecule has 0 fully saturated rings. The smallest absolute Gasteiger partial charge is 0.187 e. The normalized spacial score (nSPS) is 1.33. The molecule has 0 aliphatic carbocycles. The largest absolute Gasteiger partial charge is 0.245 e. The van der Waals surface area contributed by atoms with E-state index in [-0.39, 0.29) is 88.7 Å². The minimum absolute atomic E-state index is 0. The Hall–Kier alpha value is 2.02. The summed E-state index contributed by atoms with van der Waals surface area (Å²) in [6.45, 7) is 6.50. The molecule has 0 saturated carbocycles. The number of hydrogen-bond donors (Lipinski definition) is 0. The molecule has 0 nitrogen and oxygen atoms in total. The third-order valence-electron chi connectivity index (χ3n) is 0. The Bertz CT molecular complexity index is 23.3. The van der Waals surface area contributed by atoms with Crippen molar-refractivity contribution in [3.05, 3.63) is 19.6 Å². The summed E-state index contributed by atoms with van der Waals surface area (Å²) in [5.74, 6) is 0. The minimum Gasteiger partial charge on any atom is -0.245 e. The molecule has 6 heteroatoms. The van der Waals surface area contributed by atoms with Gasteiger partial charge in [0.05, 0.1) is 0 Å². The molecule has 0 amide bonds. The van der Waals surface area contributed by atoms with Crippen molar-refractivity contribution < 1.29 is 21.7 Å². The fraction of sp³-hybridized carbons (Fsp3) is 0. The first-order valence-corrected chi connectivity index (χ1v) is 0.816. The predicted octanol–water partition coefficient (Wildman–Crippen LogP) is 1.51. The SMILES string of the molecule is C=C[CH2-].Cl.Cl.Cl.Cl.[AlH3].[Ti]. The van der Waals surface area contributed by atoms with E-state index < -0.39 is 0 Å². The second-order valence-electron chi connectivity index (χ2n) is 0.289. The maximum Gasteiger partial charge on any atom is 0.187 e. The first-order valence-electron chi connectivity index (χ1n) is 0.816. The van der Waals surface area contributed by atoms with Gasteiger partial charge in [0.1, 0.15) is 0 Å². The molecule has 0 aromatic rings. The summed E-state index contributed by atoms with van der Waals surface area (Å²) >= 11 is 0. The zero-order valence-electron chi connectivity index (χ0n) is 4.12. The van der Waals surface area contributed by atoms with Gasteiger partial charge in [-0.25, -0.2) is 19.6 Å². The maximum atomic E-state index is 3.25. The van der Waals surface area contributed by atoms with E-state index in [1.165, 1.54) is 6.08 Å². The van der Waals surface area contributed by atoms with E-state index in [1.807, 2.05) is 0 Å². The van der Waals surface area contributed by atoms with Crippen molar-refractivity contribution in [3.63, 3.8) is 0 Å². The third kappa shape index (κ3) is 158. The van der Waals surface area contributed by atoms with Gasteiger partial charge in [-0.1, -0.05) is 0 Å². The summed E-state index contributed by atoms with van der Waals surface area (Å²) in [6, 6.07) is 0. The van der Waals surface area contributed by atoms with E-state index in [0.29, 0.717) is 0 Å². The molecule has 9 heavy (non-hydrogen) atoms.